The third kappa shape index (κ3) is 4.82. The molecule has 0 radical (unpaired) electrons. The van der Waals surface area contributed by atoms with Crippen LogP contribution in [0, 0.1) is 0 Å². The maximum absolute atomic E-state index is 10.0. The number of quaternary nitrogens is 2. The van der Waals surface area contributed by atoms with Crippen LogP contribution in [0.3, 0.4) is 0 Å². The van der Waals surface area contributed by atoms with Gasteiger partial charge in [-0.05, 0) is 19.1 Å². The van der Waals surface area contributed by atoms with Gasteiger partial charge >= 0.3 is 0 Å². The van der Waals surface area contributed by atoms with Gasteiger partial charge in [-0.2, -0.15) is 0 Å². The van der Waals surface area contributed by atoms with Crippen LogP contribution in [0.1, 0.15) is 6.92 Å². The highest BCUT2D eigenvalue weighted by Crippen LogP contribution is 2.08. The summed E-state index contributed by atoms with van der Waals surface area (Å²) >= 11 is 0. The zero-order valence-electron chi connectivity index (χ0n) is 11.8. The number of aliphatic hydroxyl groups excluding tert-OH is 1. The summed E-state index contributed by atoms with van der Waals surface area (Å²) in [6.07, 6.45) is -0.376. The number of para-hydroxylation sites is 1. The predicted octanol–water partition coefficient (Wildman–Crippen LogP) is -1.77. The van der Waals surface area contributed by atoms with Crippen LogP contribution in [-0.2, 0) is 0 Å². The van der Waals surface area contributed by atoms with Gasteiger partial charge in [0.2, 0.25) is 0 Å². The molecule has 1 aliphatic heterocycles. The van der Waals surface area contributed by atoms with E-state index in [-0.39, 0.29) is 6.10 Å². The first-order valence-corrected chi connectivity index (χ1v) is 7.31. The fourth-order valence-electron chi connectivity index (χ4n) is 2.62. The van der Waals surface area contributed by atoms with Gasteiger partial charge in [-0.15, -0.1) is 0 Å². The van der Waals surface area contributed by atoms with Crippen molar-refractivity contribution < 1.29 is 19.6 Å². The molecule has 0 aromatic heterocycles. The molecule has 106 valence electrons. The van der Waals surface area contributed by atoms with Gasteiger partial charge in [0.1, 0.15) is 51.2 Å². The lowest BCUT2D eigenvalue weighted by molar-refractivity contribution is -1.01. The Morgan fingerprint density at radius 3 is 2.37 bits per heavy atom. The van der Waals surface area contributed by atoms with Gasteiger partial charge in [0.15, 0.2) is 0 Å². The molecule has 0 amide bonds. The highest BCUT2D eigenvalue weighted by Gasteiger charge is 2.23. The van der Waals surface area contributed by atoms with Crippen molar-refractivity contribution in [1.29, 1.82) is 0 Å². The van der Waals surface area contributed by atoms with Crippen LogP contribution in [0.25, 0.3) is 0 Å². The minimum absolute atomic E-state index is 0.376. The lowest BCUT2D eigenvalue weighted by atomic mass is 10.2. The average Bonchev–Trinajstić information content (AvgIpc) is 2.47. The highest BCUT2D eigenvalue weighted by molar-refractivity contribution is 5.20. The molecule has 0 unspecified atom stereocenters. The van der Waals surface area contributed by atoms with Crippen molar-refractivity contribution in [3.05, 3.63) is 30.3 Å². The summed E-state index contributed by atoms with van der Waals surface area (Å²) in [4.78, 5) is 3.18. The quantitative estimate of drug-likeness (QED) is 0.570. The Morgan fingerprint density at radius 1 is 1.11 bits per heavy atom. The van der Waals surface area contributed by atoms with Crippen molar-refractivity contribution >= 4 is 0 Å². The Hall–Kier alpha value is -1.10. The average molecular weight is 266 g/mol. The molecule has 1 atom stereocenters. The van der Waals surface area contributed by atoms with E-state index < -0.39 is 0 Å². The Morgan fingerprint density at radius 2 is 1.74 bits per heavy atom. The maximum Gasteiger partial charge on any atom is 0.137 e. The van der Waals surface area contributed by atoms with Crippen LogP contribution in [0.5, 0.6) is 5.75 Å². The Balaban J connectivity index is 1.66. The first kappa shape index (κ1) is 14.3. The van der Waals surface area contributed by atoms with Crippen molar-refractivity contribution in [2.45, 2.75) is 13.0 Å². The Labute approximate surface area is 115 Å². The van der Waals surface area contributed by atoms with Gasteiger partial charge in [-0.25, -0.2) is 0 Å². The first-order chi connectivity index (χ1) is 9.28. The predicted molar refractivity (Wildman–Crippen MR) is 74.7 cm³/mol. The highest BCUT2D eigenvalue weighted by atomic mass is 16.5. The molecule has 4 heteroatoms. The van der Waals surface area contributed by atoms with E-state index in [0.717, 1.165) is 25.4 Å². The second-order valence-corrected chi connectivity index (χ2v) is 5.34. The van der Waals surface area contributed by atoms with Gasteiger partial charge in [0.05, 0.1) is 6.54 Å². The number of rotatable bonds is 6. The Bertz CT molecular complexity index is 350. The van der Waals surface area contributed by atoms with Crippen LogP contribution in [0.15, 0.2) is 30.3 Å². The van der Waals surface area contributed by atoms with E-state index in [1.807, 2.05) is 30.3 Å². The van der Waals surface area contributed by atoms with Crippen molar-refractivity contribution in [2.75, 3.05) is 45.9 Å². The molecule has 2 rings (SSSR count). The minimum atomic E-state index is -0.376. The van der Waals surface area contributed by atoms with Gasteiger partial charge in [-0.3, -0.25) is 0 Å². The maximum atomic E-state index is 10.0. The minimum Gasteiger partial charge on any atom is -0.491 e. The molecule has 1 aliphatic rings. The molecule has 19 heavy (non-hydrogen) atoms. The topological polar surface area (TPSA) is 38.3 Å². The van der Waals surface area contributed by atoms with E-state index in [4.69, 9.17) is 4.74 Å². The van der Waals surface area contributed by atoms with Crippen molar-refractivity contribution in [3.63, 3.8) is 0 Å². The SMILES string of the molecule is CC[NH+]1CC[NH+](C[C@H](O)COc2ccccc2)CC1. The molecular formula is C15H26N2O2+2. The molecule has 0 spiro atoms. The van der Waals surface area contributed by atoms with E-state index in [2.05, 4.69) is 6.92 Å². The Kier molecular flexibility index (Phi) is 5.63. The largest absolute Gasteiger partial charge is 0.491 e. The number of likely N-dealkylation sites (N-methyl/N-ethyl adjacent to an activating group) is 1. The fraction of sp³-hybridized carbons (Fsp3) is 0.600. The molecule has 1 saturated heterocycles. The number of ether oxygens (including phenoxy) is 1. The molecule has 1 aromatic carbocycles. The summed E-state index contributed by atoms with van der Waals surface area (Å²) in [7, 11) is 0. The normalized spacial score (nSPS) is 24.9. The third-order valence-corrected chi connectivity index (χ3v) is 3.87. The lowest BCUT2D eigenvalue weighted by Crippen LogP contribution is -3.28. The van der Waals surface area contributed by atoms with Crippen molar-refractivity contribution in [3.8, 4) is 5.75 Å². The lowest BCUT2D eigenvalue weighted by Gasteiger charge is -2.30. The second kappa shape index (κ2) is 7.48. The zero-order valence-corrected chi connectivity index (χ0v) is 11.8. The summed E-state index contributed by atoms with van der Waals surface area (Å²) in [5.74, 6) is 0.830. The van der Waals surface area contributed by atoms with Gasteiger partial charge < -0.3 is 19.6 Å². The smallest absolute Gasteiger partial charge is 0.137 e. The third-order valence-electron chi connectivity index (χ3n) is 3.87. The fourth-order valence-corrected chi connectivity index (χ4v) is 2.62. The van der Waals surface area contributed by atoms with E-state index in [0.29, 0.717) is 6.61 Å². The number of hydrogen-bond donors (Lipinski definition) is 3. The zero-order chi connectivity index (χ0) is 13.5. The number of benzene rings is 1. The van der Waals surface area contributed by atoms with E-state index >= 15 is 0 Å². The summed E-state index contributed by atoms with van der Waals surface area (Å²) in [6.45, 7) is 9.39. The summed E-state index contributed by atoms with van der Waals surface area (Å²) in [5, 5.41) is 10.0. The van der Waals surface area contributed by atoms with Crippen LogP contribution >= 0.6 is 0 Å². The van der Waals surface area contributed by atoms with E-state index in [1.165, 1.54) is 24.5 Å². The summed E-state index contributed by atoms with van der Waals surface area (Å²) in [6, 6.07) is 9.69. The number of nitrogens with one attached hydrogen (secondary N) is 2. The number of aliphatic hydroxyl groups is 1. The molecule has 1 heterocycles. The molecule has 1 aromatic rings. The number of piperazine rings is 1. The second-order valence-electron chi connectivity index (χ2n) is 5.34. The van der Waals surface area contributed by atoms with Crippen LogP contribution in [0.2, 0.25) is 0 Å². The van der Waals surface area contributed by atoms with E-state index in [1.54, 1.807) is 4.90 Å². The van der Waals surface area contributed by atoms with E-state index in [9.17, 15) is 5.11 Å². The molecule has 0 aliphatic carbocycles. The molecule has 1 fully saturated rings. The van der Waals surface area contributed by atoms with Gasteiger partial charge in [0.25, 0.3) is 0 Å². The monoisotopic (exact) mass is 266 g/mol. The molecule has 0 bridgehead atoms. The van der Waals surface area contributed by atoms with Gasteiger partial charge in [-0.1, -0.05) is 18.2 Å². The standard InChI is InChI=1S/C15H24N2O2/c1-2-16-8-10-17(11-9-16)12-14(18)13-19-15-6-4-3-5-7-15/h3-7,14,18H,2,8-13H2,1H3/p+2/t14-/m0/s1. The molecule has 4 nitrogen and oxygen atoms in total. The summed E-state index contributed by atoms with van der Waals surface area (Å²) in [5.41, 5.74) is 0. The van der Waals surface area contributed by atoms with Crippen LogP contribution < -0.4 is 14.5 Å². The van der Waals surface area contributed by atoms with Crippen molar-refractivity contribution in [1.82, 2.24) is 0 Å². The molecular weight excluding hydrogens is 240 g/mol. The molecule has 0 saturated carbocycles. The summed E-state index contributed by atoms with van der Waals surface area (Å²) < 4.78 is 5.58. The van der Waals surface area contributed by atoms with Crippen LogP contribution in [-0.4, -0.2) is 57.1 Å². The first-order valence-electron chi connectivity index (χ1n) is 7.31. The number of hydrogen-bond acceptors (Lipinski definition) is 2. The van der Waals surface area contributed by atoms with Gasteiger partial charge in [0, 0.05) is 0 Å². The molecule has 3 N–H and O–H groups in total. The van der Waals surface area contributed by atoms with Crippen molar-refractivity contribution in [2.24, 2.45) is 0 Å². The van der Waals surface area contributed by atoms with Crippen LogP contribution in [0.4, 0.5) is 0 Å².